The largest absolute Gasteiger partial charge is 0.366 e. The first-order chi connectivity index (χ1) is 6.90. The molecular weight excluding hydrogens is 192 g/mol. The molecule has 0 aromatic rings. The van der Waals surface area contributed by atoms with Gasteiger partial charge in [-0.2, -0.15) is 0 Å². The molecule has 4 nitrogen and oxygen atoms in total. The van der Waals surface area contributed by atoms with Gasteiger partial charge in [0.05, 0.1) is 5.60 Å². The number of likely N-dealkylation sites (N-methyl/N-ethyl adjacent to an activating group) is 1. The average molecular weight is 216 g/mol. The van der Waals surface area contributed by atoms with Crippen LogP contribution in [0.2, 0.25) is 0 Å². The fourth-order valence-corrected chi connectivity index (χ4v) is 1.11. The normalized spacial score (nSPS) is 11.5. The zero-order chi connectivity index (χ0) is 11.9. The standard InChI is InChI=1S/C11H24N2O2/c1-5-13(8-6-7-12)10(14)9-15-11(2,3)4/h5-9,12H2,1-4H3. The van der Waals surface area contributed by atoms with Crippen LogP contribution in [0.15, 0.2) is 0 Å². The van der Waals surface area contributed by atoms with Gasteiger partial charge in [-0.05, 0) is 40.7 Å². The number of hydrogen-bond donors (Lipinski definition) is 1. The molecule has 4 heteroatoms. The SMILES string of the molecule is CCN(CCCN)C(=O)COC(C)(C)C. The predicted octanol–water partition coefficient (Wildman–Crippen LogP) is 0.999. The minimum absolute atomic E-state index is 0.0425. The number of nitrogens with two attached hydrogens (primary N) is 1. The van der Waals surface area contributed by atoms with E-state index in [0.717, 1.165) is 13.0 Å². The Kier molecular flexibility index (Phi) is 6.52. The molecule has 0 aromatic heterocycles. The second-order valence-electron chi connectivity index (χ2n) is 4.52. The number of nitrogens with zero attached hydrogens (tertiary/aromatic N) is 1. The maximum atomic E-state index is 11.7. The Bertz CT molecular complexity index is 188. The first-order valence-corrected chi connectivity index (χ1v) is 5.52. The van der Waals surface area contributed by atoms with Gasteiger partial charge in [-0.1, -0.05) is 0 Å². The van der Waals surface area contributed by atoms with Gasteiger partial charge < -0.3 is 15.4 Å². The van der Waals surface area contributed by atoms with Gasteiger partial charge in [-0.25, -0.2) is 0 Å². The summed E-state index contributed by atoms with van der Waals surface area (Å²) in [5.41, 5.74) is 5.14. The molecule has 2 N–H and O–H groups in total. The highest BCUT2D eigenvalue weighted by atomic mass is 16.5. The number of carbonyl (C=O) groups is 1. The highest BCUT2D eigenvalue weighted by Gasteiger charge is 2.16. The van der Waals surface area contributed by atoms with Crippen molar-refractivity contribution in [2.45, 2.75) is 39.7 Å². The minimum atomic E-state index is -0.261. The lowest BCUT2D eigenvalue weighted by molar-refractivity contribution is -0.140. The lowest BCUT2D eigenvalue weighted by atomic mass is 10.2. The van der Waals surface area contributed by atoms with E-state index in [0.29, 0.717) is 13.1 Å². The second kappa shape index (κ2) is 6.80. The third-order valence-corrected chi connectivity index (χ3v) is 2.00. The van der Waals surface area contributed by atoms with Crippen LogP contribution in [-0.2, 0) is 9.53 Å². The van der Waals surface area contributed by atoms with E-state index in [4.69, 9.17) is 10.5 Å². The van der Waals surface area contributed by atoms with E-state index in [2.05, 4.69) is 0 Å². The Labute approximate surface area is 92.8 Å². The summed E-state index contributed by atoms with van der Waals surface area (Å²) in [6.45, 7) is 9.99. The minimum Gasteiger partial charge on any atom is -0.366 e. The highest BCUT2D eigenvalue weighted by molar-refractivity contribution is 5.77. The van der Waals surface area contributed by atoms with Crippen molar-refractivity contribution >= 4 is 5.91 Å². The highest BCUT2D eigenvalue weighted by Crippen LogP contribution is 2.06. The van der Waals surface area contributed by atoms with Gasteiger partial charge in [0, 0.05) is 13.1 Å². The van der Waals surface area contributed by atoms with Gasteiger partial charge in [0.2, 0.25) is 5.91 Å². The maximum absolute atomic E-state index is 11.7. The molecule has 0 bridgehead atoms. The van der Waals surface area contributed by atoms with Gasteiger partial charge >= 0.3 is 0 Å². The van der Waals surface area contributed by atoms with E-state index in [1.54, 1.807) is 4.90 Å². The Morgan fingerprint density at radius 2 is 2.00 bits per heavy atom. The third kappa shape index (κ3) is 7.33. The van der Waals surface area contributed by atoms with E-state index in [-0.39, 0.29) is 18.1 Å². The summed E-state index contributed by atoms with van der Waals surface area (Å²) in [5.74, 6) is 0.0425. The molecule has 0 saturated carbocycles. The molecule has 90 valence electrons. The van der Waals surface area contributed by atoms with Crippen molar-refractivity contribution < 1.29 is 9.53 Å². The zero-order valence-corrected chi connectivity index (χ0v) is 10.4. The van der Waals surface area contributed by atoms with Crippen LogP contribution < -0.4 is 5.73 Å². The van der Waals surface area contributed by atoms with Gasteiger partial charge in [-0.15, -0.1) is 0 Å². The second-order valence-corrected chi connectivity index (χ2v) is 4.52. The van der Waals surface area contributed by atoms with Crippen molar-refractivity contribution in [3.63, 3.8) is 0 Å². The first kappa shape index (κ1) is 14.4. The fraction of sp³-hybridized carbons (Fsp3) is 0.909. The van der Waals surface area contributed by atoms with Crippen LogP contribution >= 0.6 is 0 Å². The van der Waals surface area contributed by atoms with Crippen molar-refractivity contribution in [2.75, 3.05) is 26.2 Å². The molecule has 0 fully saturated rings. The van der Waals surface area contributed by atoms with E-state index in [1.165, 1.54) is 0 Å². The smallest absolute Gasteiger partial charge is 0.248 e. The summed E-state index contributed by atoms with van der Waals surface area (Å²) in [7, 11) is 0. The molecule has 15 heavy (non-hydrogen) atoms. The van der Waals surface area contributed by atoms with Crippen molar-refractivity contribution in [3.05, 3.63) is 0 Å². The summed E-state index contributed by atoms with van der Waals surface area (Å²) >= 11 is 0. The molecule has 1 amide bonds. The Morgan fingerprint density at radius 1 is 1.40 bits per heavy atom. The van der Waals surface area contributed by atoms with E-state index < -0.39 is 0 Å². The van der Waals surface area contributed by atoms with E-state index >= 15 is 0 Å². The number of ether oxygens (including phenoxy) is 1. The van der Waals surface area contributed by atoms with E-state index in [9.17, 15) is 4.79 Å². The molecule has 0 radical (unpaired) electrons. The van der Waals surface area contributed by atoms with E-state index in [1.807, 2.05) is 27.7 Å². The molecule has 0 atom stereocenters. The van der Waals surface area contributed by atoms with Gasteiger partial charge in [-0.3, -0.25) is 4.79 Å². The zero-order valence-electron chi connectivity index (χ0n) is 10.4. The number of hydrogen-bond acceptors (Lipinski definition) is 3. The van der Waals surface area contributed by atoms with Crippen LogP contribution in [0.4, 0.5) is 0 Å². The number of rotatable bonds is 6. The molecular formula is C11H24N2O2. The van der Waals surface area contributed by atoms with Crippen molar-refractivity contribution in [1.82, 2.24) is 4.90 Å². The summed E-state index contributed by atoms with van der Waals surface area (Å²) in [5, 5.41) is 0. The molecule has 0 spiro atoms. The maximum Gasteiger partial charge on any atom is 0.248 e. The average Bonchev–Trinajstić information content (AvgIpc) is 2.15. The molecule has 0 aliphatic carbocycles. The topological polar surface area (TPSA) is 55.6 Å². The van der Waals surface area contributed by atoms with Crippen LogP contribution in [0, 0.1) is 0 Å². The summed E-state index contributed by atoms with van der Waals surface area (Å²) < 4.78 is 5.43. The van der Waals surface area contributed by atoms with Crippen LogP contribution in [0.25, 0.3) is 0 Å². The van der Waals surface area contributed by atoms with Crippen molar-refractivity contribution in [1.29, 1.82) is 0 Å². The lowest BCUT2D eigenvalue weighted by Gasteiger charge is -2.24. The van der Waals surface area contributed by atoms with Crippen LogP contribution in [0.1, 0.15) is 34.1 Å². The third-order valence-electron chi connectivity index (χ3n) is 2.00. The Hall–Kier alpha value is -0.610. The Morgan fingerprint density at radius 3 is 2.40 bits per heavy atom. The molecule has 0 rings (SSSR count). The van der Waals surface area contributed by atoms with Gasteiger partial charge in [0.1, 0.15) is 6.61 Å². The molecule has 0 aliphatic heterocycles. The first-order valence-electron chi connectivity index (χ1n) is 5.52. The molecule has 0 unspecified atom stereocenters. The van der Waals surface area contributed by atoms with Gasteiger partial charge in [0.15, 0.2) is 0 Å². The molecule has 0 aromatic carbocycles. The quantitative estimate of drug-likeness (QED) is 0.720. The molecule has 0 saturated heterocycles. The van der Waals surface area contributed by atoms with Crippen molar-refractivity contribution in [3.8, 4) is 0 Å². The van der Waals surface area contributed by atoms with Crippen molar-refractivity contribution in [2.24, 2.45) is 5.73 Å². The molecule has 0 aliphatic rings. The lowest BCUT2D eigenvalue weighted by Crippen LogP contribution is -2.37. The molecule has 0 heterocycles. The van der Waals surface area contributed by atoms with Crippen LogP contribution in [-0.4, -0.2) is 42.6 Å². The van der Waals surface area contributed by atoms with Gasteiger partial charge in [0.25, 0.3) is 0 Å². The Balaban J connectivity index is 3.94. The predicted molar refractivity (Wildman–Crippen MR) is 61.6 cm³/mol. The van der Waals surface area contributed by atoms with Crippen LogP contribution in [0.3, 0.4) is 0 Å². The summed E-state index contributed by atoms with van der Waals surface area (Å²) in [4.78, 5) is 13.5. The van der Waals surface area contributed by atoms with Crippen LogP contribution in [0.5, 0.6) is 0 Å². The summed E-state index contributed by atoms with van der Waals surface area (Å²) in [6.07, 6.45) is 0.842. The monoisotopic (exact) mass is 216 g/mol. The number of amides is 1. The fourth-order valence-electron chi connectivity index (χ4n) is 1.11. The summed E-state index contributed by atoms with van der Waals surface area (Å²) in [6, 6.07) is 0. The number of carbonyl (C=O) groups excluding carboxylic acids is 1.